The topological polar surface area (TPSA) is 107 Å². The third kappa shape index (κ3) is 9.15. The number of anilines is 1. The summed E-state index contributed by atoms with van der Waals surface area (Å²) in [6.45, 7) is 12.6. The van der Waals surface area contributed by atoms with E-state index in [1.54, 1.807) is 71.9 Å². The average molecular weight is 570 g/mol. The number of halogens is 1. The zero-order valence-electron chi connectivity index (χ0n) is 23.9. The number of benzene rings is 2. The van der Waals surface area contributed by atoms with Gasteiger partial charge in [0.15, 0.2) is 0 Å². The van der Waals surface area contributed by atoms with E-state index in [0.717, 1.165) is 4.88 Å². The molecule has 3 aromatic rings. The number of carbonyl (C=O) groups excluding carboxylic acids is 3. The number of nitrogens with zero attached hydrogens (tertiary/aromatic N) is 1. The largest absolute Gasteiger partial charge is 0.460 e. The molecule has 3 rings (SSSR count). The van der Waals surface area contributed by atoms with Gasteiger partial charge in [0.25, 0.3) is 5.91 Å². The van der Waals surface area contributed by atoms with Gasteiger partial charge in [0, 0.05) is 22.7 Å². The Labute approximate surface area is 238 Å². The number of hydrogen-bond donors (Lipinski definition) is 2. The van der Waals surface area contributed by atoms with E-state index in [1.807, 2.05) is 6.92 Å². The Balaban J connectivity index is 1.80. The summed E-state index contributed by atoms with van der Waals surface area (Å²) < 4.78 is 25.2. The van der Waals surface area contributed by atoms with Crippen LogP contribution in [0.3, 0.4) is 0 Å². The van der Waals surface area contributed by atoms with Crippen molar-refractivity contribution in [3.63, 3.8) is 0 Å². The number of rotatable bonds is 8. The second-order valence-electron chi connectivity index (χ2n) is 11.2. The van der Waals surface area contributed by atoms with Gasteiger partial charge in [0.2, 0.25) is 0 Å². The lowest BCUT2D eigenvalue weighted by Crippen LogP contribution is -2.32. The summed E-state index contributed by atoms with van der Waals surface area (Å²) in [5.41, 5.74) is 1.07. The number of aryl methyl sites for hydroxylation is 1. The van der Waals surface area contributed by atoms with Gasteiger partial charge in [-0.2, -0.15) is 0 Å². The molecular weight excluding hydrogens is 533 g/mol. The molecule has 0 unspecified atom stereocenters. The van der Waals surface area contributed by atoms with E-state index in [4.69, 9.17) is 9.47 Å². The normalized spacial score (nSPS) is 11.6. The summed E-state index contributed by atoms with van der Waals surface area (Å²) >= 11 is 1.30. The quantitative estimate of drug-likeness (QED) is 0.293. The van der Waals surface area contributed by atoms with Crippen LogP contribution in [0.25, 0.3) is 10.6 Å². The third-order valence-corrected chi connectivity index (χ3v) is 6.54. The number of hydrogen-bond acceptors (Lipinski definition) is 7. The van der Waals surface area contributed by atoms with Gasteiger partial charge in [0.05, 0.1) is 6.42 Å². The van der Waals surface area contributed by atoms with E-state index in [2.05, 4.69) is 15.6 Å². The van der Waals surface area contributed by atoms with Gasteiger partial charge in [-0.15, -0.1) is 11.3 Å². The van der Waals surface area contributed by atoms with Gasteiger partial charge >= 0.3 is 12.1 Å². The molecule has 2 amide bonds. The Morgan fingerprint density at radius 2 is 1.65 bits per heavy atom. The molecule has 0 bridgehead atoms. The van der Waals surface area contributed by atoms with Crippen molar-refractivity contribution in [1.29, 1.82) is 0 Å². The Bertz CT molecular complexity index is 1390. The molecule has 0 aliphatic heterocycles. The SMILES string of the molecule is CCc1sc(-c2cc(F)cc(CNC(=O)OC(C)(C)C)c2)nc1C(=O)Nc1ccccc1CC(=O)OC(C)(C)C. The molecule has 0 radical (unpaired) electrons. The molecule has 0 saturated heterocycles. The van der Waals surface area contributed by atoms with Crippen LogP contribution in [0, 0.1) is 5.82 Å². The maximum Gasteiger partial charge on any atom is 0.407 e. The van der Waals surface area contributed by atoms with E-state index in [-0.39, 0.29) is 18.7 Å². The Morgan fingerprint density at radius 3 is 2.30 bits per heavy atom. The second-order valence-corrected chi connectivity index (χ2v) is 12.3. The molecule has 0 aliphatic rings. The van der Waals surface area contributed by atoms with E-state index >= 15 is 0 Å². The summed E-state index contributed by atoms with van der Waals surface area (Å²) in [5.74, 6) is -1.32. The highest BCUT2D eigenvalue weighted by Gasteiger charge is 2.22. The lowest BCUT2D eigenvalue weighted by Gasteiger charge is -2.20. The van der Waals surface area contributed by atoms with Crippen LogP contribution in [0.1, 0.15) is 75.0 Å². The first-order chi connectivity index (χ1) is 18.6. The molecule has 0 fully saturated rings. The van der Waals surface area contributed by atoms with Crippen LogP contribution in [0.15, 0.2) is 42.5 Å². The molecule has 1 heterocycles. The Hall–Kier alpha value is -3.79. The summed E-state index contributed by atoms with van der Waals surface area (Å²) in [6.07, 6.45) is -0.0608. The minimum absolute atomic E-state index is 0.0000731. The van der Waals surface area contributed by atoms with Crippen LogP contribution in [0.5, 0.6) is 0 Å². The highest BCUT2D eigenvalue weighted by Crippen LogP contribution is 2.31. The van der Waals surface area contributed by atoms with Crippen molar-refractivity contribution >= 4 is 35.0 Å². The van der Waals surface area contributed by atoms with Crippen LogP contribution >= 0.6 is 11.3 Å². The van der Waals surface area contributed by atoms with Crippen molar-refractivity contribution in [1.82, 2.24) is 10.3 Å². The highest BCUT2D eigenvalue weighted by molar-refractivity contribution is 7.15. The molecular formula is C30H36FN3O5S. The van der Waals surface area contributed by atoms with Gasteiger partial charge in [-0.25, -0.2) is 14.2 Å². The number of amides is 2. The zero-order chi connectivity index (χ0) is 29.7. The third-order valence-electron chi connectivity index (χ3n) is 5.29. The Kier molecular flexibility index (Phi) is 9.68. The number of alkyl carbamates (subject to hydrolysis) is 1. The van der Waals surface area contributed by atoms with Crippen molar-refractivity contribution < 1.29 is 28.2 Å². The minimum Gasteiger partial charge on any atom is -0.460 e. The van der Waals surface area contributed by atoms with Crippen LogP contribution in [-0.4, -0.2) is 34.2 Å². The van der Waals surface area contributed by atoms with E-state index in [1.165, 1.54) is 23.5 Å². The molecule has 10 heteroatoms. The number of para-hydroxylation sites is 1. The predicted octanol–water partition coefficient (Wildman–Crippen LogP) is 6.67. The van der Waals surface area contributed by atoms with Crippen LogP contribution < -0.4 is 10.6 Å². The van der Waals surface area contributed by atoms with Gasteiger partial charge < -0.3 is 20.1 Å². The van der Waals surface area contributed by atoms with Gasteiger partial charge in [-0.3, -0.25) is 9.59 Å². The molecule has 0 aliphatic carbocycles. The van der Waals surface area contributed by atoms with E-state index in [9.17, 15) is 18.8 Å². The fourth-order valence-electron chi connectivity index (χ4n) is 3.77. The number of esters is 1. The summed E-state index contributed by atoms with van der Waals surface area (Å²) in [6, 6.07) is 11.4. The first-order valence-electron chi connectivity index (χ1n) is 13.0. The first-order valence-corrected chi connectivity index (χ1v) is 13.8. The molecule has 2 N–H and O–H groups in total. The Morgan fingerprint density at radius 1 is 0.975 bits per heavy atom. The van der Waals surface area contributed by atoms with Crippen molar-refractivity contribution in [3.8, 4) is 10.6 Å². The van der Waals surface area contributed by atoms with Crippen molar-refractivity contribution in [2.45, 2.75) is 79.1 Å². The second kappa shape index (κ2) is 12.6. The monoisotopic (exact) mass is 569 g/mol. The van der Waals surface area contributed by atoms with Crippen molar-refractivity contribution in [2.75, 3.05) is 5.32 Å². The van der Waals surface area contributed by atoms with Crippen LogP contribution in [0.2, 0.25) is 0 Å². The smallest absolute Gasteiger partial charge is 0.407 e. The number of carbonyl (C=O) groups is 3. The van der Waals surface area contributed by atoms with Gasteiger partial charge in [0.1, 0.15) is 27.7 Å². The molecule has 0 atom stereocenters. The van der Waals surface area contributed by atoms with Crippen LogP contribution in [-0.2, 0) is 33.7 Å². The number of thiazole rings is 1. The number of aromatic nitrogens is 1. The zero-order valence-corrected chi connectivity index (χ0v) is 24.8. The number of ether oxygens (including phenoxy) is 2. The van der Waals surface area contributed by atoms with Crippen molar-refractivity contribution in [3.05, 3.63) is 70.0 Å². The molecule has 40 heavy (non-hydrogen) atoms. The standard InChI is InChI=1S/C30H36FN3O5S/c1-8-23-25(26(36)33-22-12-10-9-11-19(22)16-24(35)38-29(2,3)4)34-27(40-23)20-13-18(14-21(31)15-20)17-32-28(37)39-30(5,6)7/h9-15H,8,16-17H2,1-7H3,(H,32,37)(H,33,36). The molecule has 1 aromatic heterocycles. The van der Waals surface area contributed by atoms with E-state index < -0.39 is 35.0 Å². The number of nitrogens with one attached hydrogen (secondary N) is 2. The van der Waals surface area contributed by atoms with Crippen LogP contribution in [0.4, 0.5) is 14.9 Å². The lowest BCUT2D eigenvalue weighted by molar-refractivity contribution is -0.153. The molecule has 8 nitrogen and oxygen atoms in total. The highest BCUT2D eigenvalue weighted by atomic mass is 32.1. The maximum atomic E-state index is 14.5. The maximum absolute atomic E-state index is 14.5. The first kappa shape index (κ1) is 30.7. The predicted molar refractivity (Wildman–Crippen MR) is 154 cm³/mol. The molecule has 2 aromatic carbocycles. The molecule has 0 saturated carbocycles. The summed E-state index contributed by atoms with van der Waals surface area (Å²) in [7, 11) is 0. The summed E-state index contributed by atoms with van der Waals surface area (Å²) in [4.78, 5) is 43.0. The van der Waals surface area contributed by atoms with Gasteiger partial charge in [-0.1, -0.05) is 25.1 Å². The minimum atomic E-state index is -0.651. The summed E-state index contributed by atoms with van der Waals surface area (Å²) in [5, 5.41) is 5.97. The molecule has 0 spiro atoms. The van der Waals surface area contributed by atoms with E-state index in [0.29, 0.717) is 33.8 Å². The van der Waals surface area contributed by atoms with Crippen molar-refractivity contribution in [2.24, 2.45) is 0 Å². The lowest BCUT2D eigenvalue weighted by atomic mass is 10.1. The molecule has 214 valence electrons. The van der Waals surface area contributed by atoms with Gasteiger partial charge in [-0.05, 0) is 83.4 Å². The fourth-order valence-corrected chi connectivity index (χ4v) is 4.75. The fraction of sp³-hybridized carbons (Fsp3) is 0.400. The average Bonchev–Trinajstić information content (AvgIpc) is 3.26.